The Morgan fingerprint density at radius 1 is 1.15 bits per heavy atom. The van der Waals surface area contributed by atoms with Crippen LogP contribution in [0.3, 0.4) is 0 Å². The number of hydrogen-bond acceptors (Lipinski definition) is 9. The number of nitrogens with one attached hydrogen (secondary N) is 1. The molecular formula is C30H37N5O5S. The second-order valence-electron chi connectivity index (χ2n) is 10.3. The van der Waals surface area contributed by atoms with Crippen molar-refractivity contribution in [3.63, 3.8) is 0 Å². The van der Waals surface area contributed by atoms with Crippen LogP contribution < -0.4 is 10.2 Å². The summed E-state index contributed by atoms with van der Waals surface area (Å²) in [5.74, 6) is -0.0949. The maximum atomic E-state index is 13.7. The highest BCUT2D eigenvalue weighted by Gasteiger charge is 2.28. The van der Waals surface area contributed by atoms with E-state index in [1.807, 2.05) is 63.1 Å². The summed E-state index contributed by atoms with van der Waals surface area (Å²) in [6.45, 7) is 7.27. The van der Waals surface area contributed by atoms with E-state index < -0.39 is 18.2 Å². The summed E-state index contributed by atoms with van der Waals surface area (Å²) in [5.41, 5.74) is 4.22. The van der Waals surface area contributed by atoms with Crippen molar-refractivity contribution in [1.82, 2.24) is 20.2 Å². The smallest absolute Gasteiger partial charge is 0.407 e. The summed E-state index contributed by atoms with van der Waals surface area (Å²) < 4.78 is 11.2. The quantitative estimate of drug-likeness (QED) is 0.233. The molecule has 2 aromatic carbocycles. The van der Waals surface area contributed by atoms with Crippen LogP contribution in [0.25, 0.3) is 11.1 Å². The van der Waals surface area contributed by atoms with Gasteiger partial charge in [0.25, 0.3) is 11.9 Å². The van der Waals surface area contributed by atoms with Gasteiger partial charge in [-0.3, -0.25) is 9.78 Å². The molecule has 4 rings (SSSR count). The van der Waals surface area contributed by atoms with Crippen LogP contribution in [0.15, 0.2) is 64.7 Å². The first-order valence-electron chi connectivity index (χ1n) is 13.7. The summed E-state index contributed by atoms with van der Waals surface area (Å²) >= 11 is 1.39. The van der Waals surface area contributed by atoms with E-state index in [0.29, 0.717) is 35.6 Å². The van der Waals surface area contributed by atoms with E-state index in [1.54, 1.807) is 34.8 Å². The fourth-order valence-corrected chi connectivity index (χ4v) is 4.86. The van der Waals surface area contributed by atoms with Crippen LogP contribution in [0, 0.1) is 5.92 Å². The maximum Gasteiger partial charge on any atom is 0.407 e. The van der Waals surface area contributed by atoms with Crippen LogP contribution in [0.1, 0.15) is 41.6 Å². The summed E-state index contributed by atoms with van der Waals surface area (Å²) in [6, 6.07) is 14.5. The molecule has 2 aromatic heterocycles. The minimum Gasteiger partial charge on any atom is -0.444 e. The molecular weight excluding hydrogens is 542 g/mol. The van der Waals surface area contributed by atoms with Crippen molar-refractivity contribution in [3.8, 4) is 0 Å². The van der Waals surface area contributed by atoms with Crippen molar-refractivity contribution < 1.29 is 23.8 Å². The lowest BCUT2D eigenvalue weighted by molar-refractivity contribution is 0.0494. The van der Waals surface area contributed by atoms with Gasteiger partial charge >= 0.3 is 6.09 Å². The van der Waals surface area contributed by atoms with E-state index in [2.05, 4.69) is 15.3 Å². The Bertz CT molecular complexity index is 1410. The van der Waals surface area contributed by atoms with E-state index in [4.69, 9.17) is 9.15 Å². The van der Waals surface area contributed by atoms with Crippen LogP contribution >= 0.6 is 11.3 Å². The zero-order valence-corrected chi connectivity index (χ0v) is 24.6. The zero-order valence-electron chi connectivity index (χ0n) is 23.8. The number of thiazole rings is 1. The number of alkyl carbamates (subject to hydrolysis) is 1. The van der Waals surface area contributed by atoms with Crippen molar-refractivity contribution in [2.75, 3.05) is 31.6 Å². The highest BCUT2D eigenvalue weighted by atomic mass is 32.1. The minimum absolute atomic E-state index is 0.0158. The molecule has 0 unspecified atom stereocenters. The standard InChI is InChI=1S/C30H37N5O5S/c1-5-34(4)29-32-24-12-11-22(14-27(24)40-29)28(37)35(16-20(2)3)17-26(36)25(13-21-9-7-6-8-10-21)33-30(38)39-18-23-15-31-19-41-23/h6-12,14-15,19-20,25-26,36H,5,13,16-18H2,1-4H3,(H,33,38)/t25-,26+/m0/s1. The van der Waals surface area contributed by atoms with Gasteiger partial charge in [0, 0.05) is 38.4 Å². The molecule has 2 atom stereocenters. The second kappa shape index (κ2) is 14.1. The van der Waals surface area contributed by atoms with Gasteiger partial charge in [-0.25, -0.2) is 4.79 Å². The number of anilines is 1. The number of fused-ring (bicyclic) bond motifs is 1. The number of carbonyl (C=O) groups is 2. The molecule has 0 aliphatic heterocycles. The highest BCUT2D eigenvalue weighted by molar-refractivity contribution is 7.09. The van der Waals surface area contributed by atoms with Gasteiger partial charge in [0.1, 0.15) is 12.1 Å². The number of aliphatic hydroxyl groups is 1. The van der Waals surface area contributed by atoms with Gasteiger partial charge in [-0.2, -0.15) is 4.98 Å². The number of ether oxygens (including phenoxy) is 1. The van der Waals surface area contributed by atoms with Gasteiger partial charge in [-0.15, -0.1) is 11.3 Å². The molecule has 2 amide bonds. The van der Waals surface area contributed by atoms with Gasteiger partial charge in [0.2, 0.25) is 0 Å². The Labute approximate surface area is 244 Å². The summed E-state index contributed by atoms with van der Waals surface area (Å²) in [4.78, 5) is 39.2. The number of carbonyl (C=O) groups excluding carboxylic acids is 2. The van der Waals surface area contributed by atoms with Crippen molar-refractivity contribution in [1.29, 1.82) is 0 Å². The summed E-state index contributed by atoms with van der Waals surface area (Å²) in [5, 5.41) is 14.2. The average molecular weight is 580 g/mol. The van der Waals surface area contributed by atoms with Crippen LogP contribution in [-0.4, -0.2) is 70.8 Å². The molecule has 2 N–H and O–H groups in total. The number of amides is 2. The predicted molar refractivity (Wildman–Crippen MR) is 159 cm³/mol. The lowest BCUT2D eigenvalue weighted by Gasteiger charge is -2.31. The molecule has 0 spiro atoms. The zero-order chi connectivity index (χ0) is 29.4. The molecule has 0 saturated heterocycles. The molecule has 0 radical (unpaired) electrons. The normalized spacial score (nSPS) is 12.7. The number of oxazole rings is 1. The summed E-state index contributed by atoms with van der Waals surface area (Å²) in [7, 11) is 1.89. The lowest BCUT2D eigenvalue weighted by atomic mass is 10.00. The van der Waals surface area contributed by atoms with E-state index in [1.165, 1.54) is 11.3 Å². The van der Waals surface area contributed by atoms with Crippen molar-refractivity contribution in [3.05, 3.63) is 76.2 Å². The number of hydrogen-bond donors (Lipinski definition) is 2. The average Bonchev–Trinajstić information content (AvgIpc) is 3.64. The maximum absolute atomic E-state index is 13.7. The van der Waals surface area contributed by atoms with Crippen LogP contribution in [0.2, 0.25) is 0 Å². The van der Waals surface area contributed by atoms with Gasteiger partial charge < -0.3 is 29.4 Å². The minimum atomic E-state index is -1.06. The molecule has 41 heavy (non-hydrogen) atoms. The van der Waals surface area contributed by atoms with Crippen molar-refractivity contribution >= 4 is 40.5 Å². The third kappa shape index (κ3) is 8.27. The number of rotatable bonds is 13. The largest absolute Gasteiger partial charge is 0.444 e. The lowest BCUT2D eigenvalue weighted by Crippen LogP contribution is -2.51. The Balaban J connectivity index is 1.51. The van der Waals surface area contributed by atoms with Crippen molar-refractivity contribution in [2.45, 2.75) is 45.9 Å². The molecule has 0 bridgehead atoms. The number of benzene rings is 2. The van der Waals surface area contributed by atoms with E-state index in [0.717, 1.165) is 17.0 Å². The van der Waals surface area contributed by atoms with Crippen LogP contribution in [0.4, 0.5) is 10.8 Å². The fourth-order valence-electron chi connectivity index (χ4n) is 4.36. The Morgan fingerprint density at radius 2 is 1.93 bits per heavy atom. The van der Waals surface area contributed by atoms with Gasteiger partial charge in [0.05, 0.1) is 22.5 Å². The molecule has 0 fully saturated rings. The van der Waals surface area contributed by atoms with Crippen LogP contribution in [-0.2, 0) is 17.8 Å². The Kier molecular flexibility index (Phi) is 10.3. The van der Waals surface area contributed by atoms with E-state index in [-0.39, 0.29) is 25.0 Å². The topological polar surface area (TPSA) is 121 Å². The highest BCUT2D eigenvalue weighted by Crippen LogP contribution is 2.23. The fraction of sp³-hybridized carbons (Fsp3) is 0.400. The molecule has 4 aromatic rings. The van der Waals surface area contributed by atoms with E-state index in [9.17, 15) is 14.7 Å². The number of aliphatic hydroxyl groups excluding tert-OH is 1. The Morgan fingerprint density at radius 3 is 2.61 bits per heavy atom. The van der Waals surface area contributed by atoms with Gasteiger partial charge in [-0.1, -0.05) is 44.2 Å². The molecule has 218 valence electrons. The van der Waals surface area contributed by atoms with E-state index >= 15 is 0 Å². The van der Waals surface area contributed by atoms with Crippen molar-refractivity contribution in [2.24, 2.45) is 5.92 Å². The van der Waals surface area contributed by atoms with Gasteiger partial charge in [-0.05, 0) is 43.0 Å². The third-order valence-electron chi connectivity index (χ3n) is 6.60. The second-order valence-corrected chi connectivity index (χ2v) is 11.3. The first-order valence-corrected chi connectivity index (χ1v) is 14.5. The molecule has 11 heteroatoms. The molecule has 10 nitrogen and oxygen atoms in total. The predicted octanol–water partition coefficient (Wildman–Crippen LogP) is 4.74. The summed E-state index contributed by atoms with van der Waals surface area (Å²) in [6.07, 6.45) is 0.290. The first kappa shape index (κ1) is 30.0. The number of aromatic nitrogens is 2. The monoisotopic (exact) mass is 579 g/mol. The third-order valence-corrected chi connectivity index (χ3v) is 7.35. The first-order chi connectivity index (χ1) is 19.7. The SMILES string of the molecule is CCN(C)c1nc2ccc(C(=O)N(CC(C)C)C[C@@H](O)[C@H](Cc3ccccc3)NC(=O)OCc3cncs3)cc2o1. The molecule has 0 aliphatic carbocycles. The Hall–Kier alpha value is -3.96. The number of nitrogens with zero attached hydrogens (tertiary/aromatic N) is 4. The molecule has 0 aliphatic rings. The molecule has 0 saturated carbocycles. The van der Waals surface area contributed by atoms with Gasteiger partial charge in [0.15, 0.2) is 5.58 Å². The van der Waals surface area contributed by atoms with Crippen LogP contribution in [0.5, 0.6) is 0 Å². The molecule has 2 heterocycles.